The van der Waals surface area contributed by atoms with Crippen molar-refractivity contribution in [3.05, 3.63) is 60.4 Å². The van der Waals surface area contributed by atoms with Gasteiger partial charge in [0.15, 0.2) is 0 Å². The number of fused-ring (bicyclic) bond motifs is 1. The molecule has 0 unspecified atom stereocenters. The van der Waals surface area contributed by atoms with E-state index in [1.54, 1.807) is 4.90 Å². The summed E-state index contributed by atoms with van der Waals surface area (Å²) in [6.07, 6.45) is 2.51. The van der Waals surface area contributed by atoms with E-state index in [4.69, 9.17) is 4.98 Å². The number of rotatable bonds is 5. The third kappa shape index (κ3) is 4.07. The van der Waals surface area contributed by atoms with Gasteiger partial charge in [-0.3, -0.25) is 9.59 Å². The van der Waals surface area contributed by atoms with E-state index < -0.39 is 0 Å². The number of nitrogens with zero attached hydrogens (tertiary/aromatic N) is 4. The third-order valence-electron chi connectivity index (χ3n) is 5.51. The van der Waals surface area contributed by atoms with Gasteiger partial charge in [-0.1, -0.05) is 42.1 Å². The fraction of sp³-hybridized carbons (Fsp3) is 0.304. The van der Waals surface area contributed by atoms with Crippen molar-refractivity contribution in [3.63, 3.8) is 0 Å². The molecule has 0 bridgehead atoms. The maximum Gasteiger partial charge on any atom is 0.237 e. The van der Waals surface area contributed by atoms with Crippen LogP contribution in [0.3, 0.4) is 0 Å². The Kier molecular flexibility index (Phi) is 5.23. The minimum Gasteiger partial charge on any atom is -0.324 e. The van der Waals surface area contributed by atoms with Crippen molar-refractivity contribution in [1.29, 1.82) is 0 Å². The summed E-state index contributed by atoms with van der Waals surface area (Å²) in [6.45, 7) is 1.90. The molecule has 2 heterocycles. The van der Waals surface area contributed by atoms with E-state index in [1.165, 1.54) is 11.8 Å². The third-order valence-corrected chi connectivity index (χ3v) is 6.33. The summed E-state index contributed by atoms with van der Waals surface area (Å²) < 4.78 is 1.90. The summed E-state index contributed by atoms with van der Waals surface area (Å²) in [4.78, 5) is 31.8. The normalized spacial score (nSPS) is 18.3. The van der Waals surface area contributed by atoms with Crippen molar-refractivity contribution >= 4 is 35.0 Å². The van der Waals surface area contributed by atoms with E-state index in [0.29, 0.717) is 16.8 Å². The highest BCUT2D eigenvalue weighted by Crippen LogP contribution is 2.40. The lowest BCUT2D eigenvalue weighted by Crippen LogP contribution is -2.40. The number of thioether (sulfide) groups is 1. The van der Waals surface area contributed by atoms with Gasteiger partial charge in [-0.2, -0.15) is 0 Å². The van der Waals surface area contributed by atoms with Crippen LogP contribution in [0.4, 0.5) is 11.4 Å². The van der Waals surface area contributed by atoms with Gasteiger partial charge in [0, 0.05) is 18.4 Å². The number of anilines is 2. The molecule has 0 saturated heterocycles. The second kappa shape index (κ2) is 8.19. The second-order valence-electron chi connectivity index (χ2n) is 7.95. The minimum atomic E-state index is -0.228. The number of aromatic nitrogens is 3. The van der Waals surface area contributed by atoms with Gasteiger partial charge in [0.25, 0.3) is 0 Å². The fourth-order valence-corrected chi connectivity index (χ4v) is 4.58. The Bertz CT molecular complexity index is 1130. The Morgan fingerprint density at radius 1 is 1.13 bits per heavy atom. The molecule has 2 amide bonds. The van der Waals surface area contributed by atoms with Crippen molar-refractivity contribution in [2.75, 3.05) is 16.0 Å². The quantitative estimate of drug-likeness (QED) is 0.615. The van der Waals surface area contributed by atoms with E-state index in [2.05, 4.69) is 10.4 Å². The molecule has 1 aromatic heterocycles. The number of hydrogen-bond donors (Lipinski definition) is 1. The SMILES string of the molecule is C[C@H]1CC(=O)Nc2ccccc2N1C(=O)CSc1nc(C2CC2)n(-c2ccccc2)n1. The molecule has 1 atom stereocenters. The van der Waals surface area contributed by atoms with Gasteiger partial charge in [-0.15, -0.1) is 5.10 Å². The molecule has 2 aliphatic rings. The predicted molar refractivity (Wildman–Crippen MR) is 121 cm³/mol. The van der Waals surface area contributed by atoms with Crippen LogP contribution in [0.1, 0.15) is 37.9 Å². The Hall–Kier alpha value is -3.13. The van der Waals surface area contributed by atoms with E-state index in [9.17, 15) is 9.59 Å². The van der Waals surface area contributed by atoms with Crippen LogP contribution in [-0.2, 0) is 9.59 Å². The molecule has 1 fully saturated rings. The summed E-state index contributed by atoms with van der Waals surface area (Å²) in [5.41, 5.74) is 2.38. The zero-order valence-electron chi connectivity index (χ0n) is 17.2. The van der Waals surface area contributed by atoms with Gasteiger partial charge in [0.2, 0.25) is 17.0 Å². The molecule has 1 N–H and O–H groups in total. The van der Waals surface area contributed by atoms with Crippen LogP contribution in [0.15, 0.2) is 59.8 Å². The Balaban J connectivity index is 1.37. The molecule has 31 heavy (non-hydrogen) atoms. The topological polar surface area (TPSA) is 80.1 Å². The first-order chi connectivity index (χ1) is 15.1. The van der Waals surface area contributed by atoms with Crippen LogP contribution >= 0.6 is 11.8 Å². The number of hydrogen-bond acceptors (Lipinski definition) is 5. The number of amides is 2. The minimum absolute atomic E-state index is 0.0644. The largest absolute Gasteiger partial charge is 0.324 e. The van der Waals surface area contributed by atoms with Gasteiger partial charge in [0.05, 0.1) is 22.8 Å². The molecule has 2 aromatic carbocycles. The van der Waals surface area contributed by atoms with Crippen LogP contribution in [0.25, 0.3) is 5.69 Å². The highest BCUT2D eigenvalue weighted by Gasteiger charge is 2.32. The average Bonchev–Trinajstić information content (AvgIpc) is 3.54. The molecule has 1 aliphatic carbocycles. The standard InChI is InChI=1S/C23H23N5O2S/c1-15-13-20(29)24-18-9-5-6-10-19(18)27(15)21(30)14-31-23-25-22(16-11-12-16)28(26-23)17-7-3-2-4-8-17/h2-10,15-16H,11-14H2,1H3,(H,24,29)/t15-/m0/s1. The molecule has 3 aromatic rings. The lowest BCUT2D eigenvalue weighted by Gasteiger charge is -2.27. The fourth-order valence-electron chi connectivity index (χ4n) is 3.89. The average molecular weight is 434 g/mol. The number of benzene rings is 2. The number of carbonyl (C=O) groups is 2. The first-order valence-corrected chi connectivity index (χ1v) is 11.4. The maximum absolute atomic E-state index is 13.2. The molecule has 1 saturated carbocycles. The lowest BCUT2D eigenvalue weighted by atomic mass is 10.2. The van der Waals surface area contributed by atoms with Crippen LogP contribution in [-0.4, -0.2) is 38.4 Å². The lowest BCUT2D eigenvalue weighted by molar-refractivity contribution is -0.117. The Morgan fingerprint density at radius 3 is 2.65 bits per heavy atom. The molecule has 7 nitrogen and oxygen atoms in total. The van der Waals surface area contributed by atoms with Gasteiger partial charge in [-0.25, -0.2) is 9.67 Å². The zero-order chi connectivity index (χ0) is 21.4. The molecule has 0 spiro atoms. The second-order valence-corrected chi connectivity index (χ2v) is 8.89. The molecule has 0 radical (unpaired) electrons. The predicted octanol–water partition coefficient (Wildman–Crippen LogP) is 4.00. The number of nitrogens with one attached hydrogen (secondary N) is 1. The monoisotopic (exact) mass is 433 g/mol. The Morgan fingerprint density at radius 2 is 1.87 bits per heavy atom. The first-order valence-electron chi connectivity index (χ1n) is 10.5. The number of carbonyl (C=O) groups excluding carboxylic acids is 2. The van der Waals surface area contributed by atoms with Gasteiger partial charge in [-0.05, 0) is 44.0 Å². The van der Waals surface area contributed by atoms with Gasteiger partial charge >= 0.3 is 0 Å². The Labute approximate surface area is 184 Å². The summed E-state index contributed by atoms with van der Waals surface area (Å²) >= 11 is 1.34. The molecular formula is C23H23N5O2S. The molecule has 8 heteroatoms. The van der Waals surface area contributed by atoms with Gasteiger partial charge < -0.3 is 10.2 Å². The molecule has 1 aliphatic heterocycles. The van der Waals surface area contributed by atoms with E-state index in [1.807, 2.05) is 66.2 Å². The highest BCUT2D eigenvalue weighted by atomic mass is 32.2. The summed E-state index contributed by atoms with van der Waals surface area (Å²) in [5.74, 6) is 1.46. The molecular weight excluding hydrogens is 410 g/mol. The van der Waals surface area contributed by atoms with E-state index >= 15 is 0 Å². The molecule has 158 valence electrons. The maximum atomic E-state index is 13.2. The van der Waals surface area contributed by atoms with E-state index in [0.717, 1.165) is 30.0 Å². The van der Waals surface area contributed by atoms with Crippen LogP contribution < -0.4 is 10.2 Å². The first kappa shape index (κ1) is 19.8. The van der Waals surface area contributed by atoms with Crippen LogP contribution in [0.5, 0.6) is 0 Å². The van der Waals surface area contributed by atoms with Crippen LogP contribution in [0.2, 0.25) is 0 Å². The van der Waals surface area contributed by atoms with Crippen molar-refractivity contribution in [3.8, 4) is 5.69 Å². The number of para-hydroxylation sites is 3. The summed E-state index contributed by atoms with van der Waals surface area (Å²) in [7, 11) is 0. The van der Waals surface area contributed by atoms with Gasteiger partial charge in [0.1, 0.15) is 5.82 Å². The van der Waals surface area contributed by atoms with Crippen molar-refractivity contribution < 1.29 is 9.59 Å². The van der Waals surface area contributed by atoms with Crippen LogP contribution in [0, 0.1) is 0 Å². The van der Waals surface area contributed by atoms with E-state index in [-0.39, 0.29) is 30.0 Å². The zero-order valence-corrected chi connectivity index (χ0v) is 18.0. The molecule has 5 rings (SSSR count). The van der Waals surface area contributed by atoms with Crippen molar-refractivity contribution in [2.24, 2.45) is 0 Å². The summed E-state index contributed by atoms with van der Waals surface area (Å²) in [6, 6.07) is 17.2. The highest BCUT2D eigenvalue weighted by molar-refractivity contribution is 7.99. The summed E-state index contributed by atoms with van der Waals surface area (Å²) in [5, 5.41) is 8.18. The van der Waals surface area contributed by atoms with Crippen molar-refractivity contribution in [2.45, 2.75) is 43.3 Å². The van der Waals surface area contributed by atoms with Crippen molar-refractivity contribution in [1.82, 2.24) is 14.8 Å². The smallest absolute Gasteiger partial charge is 0.237 e.